The summed E-state index contributed by atoms with van der Waals surface area (Å²) in [6.07, 6.45) is 4.68. The lowest BCUT2D eigenvalue weighted by Gasteiger charge is -2.11. The molecule has 0 aliphatic rings. The highest BCUT2D eigenvalue weighted by atomic mass is 16.1. The lowest BCUT2D eigenvalue weighted by molar-refractivity contribution is -0.121. The second kappa shape index (κ2) is 3.98. The first-order valence-corrected chi connectivity index (χ1v) is 4.21. The Morgan fingerprint density at radius 2 is 2.38 bits per heavy atom. The van der Waals surface area contributed by atoms with Gasteiger partial charge in [0.05, 0.1) is 12.2 Å². The van der Waals surface area contributed by atoms with Crippen molar-refractivity contribution >= 4 is 5.78 Å². The predicted molar refractivity (Wildman–Crippen MR) is 48.5 cm³/mol. The van der Waals surface area contributed by atoms with Gasteiger partial charge >= 0.3 is 0 Å². The fourth-order valence-electron chi connectivity index (χ4n) is 1.13. The van der Waals surface area contributed by atoms with E-state index in [0.717, 1.165) is 0 Å². The van der Waals surface area contributed by atoms with Crippen molar-refractivity contribution in [1.82, 2.24) is 9.55 Å². The fourth-order valence-corrected chi connectivity index (χ4v) is 1.13. The number of rotatable bonds is 3. The van der Waals surface area contributed by atoms with Crippen molar-refractivity contribution in [1.29, 1.82) is 0 Å². The summed E-state index contributed by atoms with van der Waals surface area (Å²) < 4.78 is 1.39. The smallest absolute Gasteiger partial charge is 0.269 e. The summed E-state index contributed by atoms with van der Waals surface area (Å²) in [6, 6.07) is -0.388. The molecule has 0 saturated carbocycles. The van der Waals surface area contributed by atoms with Crippen molar-refractivity contribution in [2.24, 2.45) is 0 Å². The summed E-state index contributed by atoms with van der Waals surface area (Å²) >= 11 is 0. The quantitative estimate of drug-likeness (QED) is 0.690. The summed E-state index contributed by atoms with van der Waals surface area (Å²) in [4.78, 5) is 26.2. The molecular formula is C9H12N2O2. The minimum atomic E-state index is -0.388. The van der Waals surface area contributed by atoms with Gasteiger partial charge in [-0.2, -0.15) is 0 Å². The number of ketones is 1. The van der Waals surface area contributed by atoms with Crippen molar-refractivity contribution in [3.63, 3.8) is 0 Å². The van der Waals surface area contributed by atoms with E-state index in [4.69, 9.17) is 0 Å². The molecule has 4 heteroatoms. The van der Waals surface area contributed by atoms with Crippen LogP contribution in [0.15, 0.2) is 23.4 Å². The third-order valence-electron chi connectivity index (χ3n) is 1.98. The molecule has 70 valence electrons. The van der Waals surface area contributed by atoms with Gasteiger partial charge in [-0.05, 0) is 6.92 Å². The molecule has 0 radical (unpaired) electrons. The molecule has 1 heterocycles. The lowest BCUT2D eigenvalue weighted by Crippen LogP contribution is -2.26. The van der Waals surface area contributed by atoms with E-state index in [9.17, 15) is 9.59 Å². The largest absolute Gasteiger partial charge is 0.302 e. The molecule has 1 rings (SSSR count). The maximum atomic E-state index is 11.3. The van der Waals surface area contributed by atoms with Crippen LogP contribution in [0.2, 0.25) is 0 Å². The molecule has 0 saturated heterocycles. The van der Waals surface area contributed by atoms with Gasteiger partial charge in [0.15, 0.2) is 5.78 Å². The second-order valence-corrected chi connectivity index (χ2v) is 2.82. The van der Waals surface area contributed by atoms with Crippen LogP contribution in [0.5, 0.6) is 0 Å². The standard InChI is InChI=1S/C9H12N2O2/c1-3-8(12)7(2)11-5-4-10-6-9(11)13/h4-7H,3H2,1-2H3. The normalized spacial score (nSPS) is 12.5. The third-order valence-corrected chi connectivity index (χ3v) is 1.98. The Bertz CT molecular complexity index is 357. The summed E-state index contributed by atoms with van der Waals surface area (Å²) in [5.74, 6) is 0.0494. The van der Waals surface area contributed by atoms with E-state index in [1.54, 1.807) is 13.8 Å². The van der Waals surface area contributed by atoms with Crippen LogP contribution >= 0.6 is 0 Å². The summed E-state index contributed by atoms with van der Waals surface area (Å²) in [7, 11) is 0. The molecule has 0 N–H and O–H groups in total. The fraction of sp³-hybridized carbons (Fsp3) is 0.444. The molecule has 1 aromatic heterocycles. The van der Waals surface area contributed by atoms with Crippen LogP contribution in [-0.4, -0.2) is 15.3 Å². The number of carbonyl (C=O) groups excluding carboxylic acids is 1. The van der Waals surface area contributed by atoms with Crippen LogP contribution in [0.3, 0.4) is 0 Å². The van der Waals surface area contributed by atoms with Gasteiger partial charge in [-0.3, -0.25) is 14.6 Å². The lowest BCUT2D eigenvalue weighted by atomic mass is 10.2. The molecule has 13 heavy (non-hydrogen) atoms. The first-order valence-electron chi connectivity index (χ1n) is 4.21. The van der Waals surface area contributed by atoms with E-state index in [2.05, 4.69) is 4.98 Å². The van der Waals surface area contributed by atoms with Gasteiger partial charge in [0.2, 0.25) is 0 Å². The Morgan fingerprint density at radius 1 is 1.69 bits per heavy atom. The maximum Gasteiger partial charge on any atom is 0.269 e. The molecule has 0 bridgehead atoms. The molecule has 1 aromatic rings. The first kappa shape index (κ1) is 9.64. The maximum absolute atomic E-state index is 11.3. The van der Waals surface area contributed by atoms with Gasteiger partial charge in [0, 0.05) is 18.8 Å². The molecule has 1 unspecified atom stereocenters. The van der Waals surface area contributed by atoms with Crippen molar-refractivity contribution in [2.75, 3.05) is 0 Å². The van der Waals surface area contributed by atoms with Crippen LogP contribution in [0, 0.1) is 0 Å². The topological polar surface area (TPSA) is 52.0 Å². The van der Waals surface area contributed by atoms with Crippen LogP contribution < -0.4 is 5.56 Å². The Morgan fingerprint density at radius 3 is 2.92 bits per heavy atom. The zero-order valence-electron chi connectivity index (χ0n) is 7.73. The highest BCUT2D eigenvalue weighted by Gasteiger charge is 2.12. The third kappa shape index (κ3) is 2.02. The number of Topliss-reactive ketones (excluding diaryl/α,β-unsaturated/α-hetero) is 1. The average Bonchev–Trinajstić information content (AvgIpc) is 2.16. The van der Waals surface area contributed by atoms with Crippen LogP contribution in [-0.2, 0) is 4.79 Å². The molecule has 0 amide bonds. The number of hydrogen-bond acceptors (Lipinski definition) is 3. The van der Waals surface area contributed by atoms with Crippen LogP contribution in [0.4, 0.5) is 0 Å². The van der Waals surface area contributed by atoms with Gasteiger partial charge < -0.3 is 4.57 Å². The second-order valence-electron chi connectivity index (χ2n) is 2.82. The molecule has 0 spiro atoms. The van der Waals surface area contributed by atoms with Gasteiger partial charge in [-0.15, -0.1) is 0 Å². The Kier molecular flexibility index (Phi) is 2.95. The average molecular weight is 180 g/mol. The number of hydrogen-bond donors (Lipinski definition) is 0. The van der Waals surface area contributed by atoms with Crippen LogP contribution in [0.1, 0.15) is 26.3 Å². The number of carbonyl (C=O) groups is 1. The summed E-state index contributed by atoms with van der Waals surface area (Å²) in [6.45, 7) is 3.50. The Labute approximate surface area is 76.2 Å². The van der Waals surface area contributed by atoms with E-state index in [0.29, 0.717) is 6.42 Å². The van der Waals surface area contributed by atoms with Gasteiger partial charge in [0.25, 0.3) is 5.56 Å². The van der Waals surface area contributed by atoms with Crippen molar-refractivity contribution in [3.8, 4) is 0 Å². The molecule has 1 atom stereocenters. The molecule has 0 aliphatic heterocycles. The summed E-state index contributed by atoms with van der Waals surface area (Å²) in [5, 5.41) is 0. The predicted octanol–water partition coefficient (Wildman–Crippen LogP) is 0.783. The molecular weight excluding hydrogens is 168 g/mol. The van der Waals surface area contributed by atoms with E-state index in [-0.39, 0.29) is 17.4 Å². The minimum Gasteiger partial charge on any atom is -0.302 e. The van der Waals surface area contributed by atoms with Crippen LogP contribution in [0.25, 0.3) is 0 Å². The van der Waals surface area contributed by atoms with Gasteiger partial charge in [0.1, 0.15) is 0 Å². The zero-order valence-corrected chi connectivity index (χ0v) is 7.73. The molecule has 0 fully saturated rings. The molecule has 0 aliphatic carbocycles. The van der Waals surface area contributed by atoms with Gasteiger partial charge in [-0.25, -0.2) is 0 Å². The highest BCUT2D eigenvalue weighted by Crippen LogP contribution is 2.04. The Balaban J connectivity index is 3.02. The molecule has 4 nitrogen and oxygen atoms in total. The Hall–Kier alpha value is -1.45. The monoisotopic (exact) mass is 180 g/mol. The van der Waals surface area contributed by atoms with E-state index in [1.165, 1.54) is 23.2 Å². The highest BCUT2D eigenvalue weighted by molar-refractivity contribution is 5.81. The minimum absolute atomic E-state index is 0.0494. The SMILES string of the molecule is CCC(=O)C(C)n1ccncc1=O. The number of aromatic nitrogens is 2. The first-order chi connectivity index (χ1) is 6.16. The van der Waals surface area contributed by atoms with Crippen molar-refractivity contribution < 1.29 is 4.79 Å². The van der Waals surface area contributed by atoms with E-state index < -0.39 is 0 Å². The summed E-state index contributed by atoms with van der Waals surface area (Å²) in [5.41, 5.74) is -0.239. The van der Waals surface area contributed by atoms with Gasteiger partial charge in [-0.1, -0.05) is 6.92 Å². The zero-order chi connectivity index (χ0) is 9.84. The van der Waals surface area contributed by atoms with E-state index >= 15 is 0 Å². The van der Waals surface area contributed by atoms with Crippen molar-refractivity contribution in [2.45, 2.75) is 26.3 Å². The number of nitrogens with zero attached hydrogens (tertiary/aromatic N) is 2. The molecule has 0 aromatic carbocycles. The van der Waals surface area contributed by atoms with E-state index in [1.807, 2.05) is 0 Å². The van der Waals surface area contributed by atoms with Crippen molar-refractivity contribution in [3.05, 3.63) is 28.9 Å².